The van der Waals surface area contributed by atoms with Crippen molar-refractivity contribution in [1.29, 1.82) is 0 Å². The van der Waals surface area contributed by atoms with E-state index in [1.165, 1.54) is 15.9 Å². The minimum absolute atomic E-state index is 0.0125. The number of carbonyl (C=O) groups is 2. The predicted molar refractivity (Wildman–Crippen MR) is 139 cm³/mol. The Kier molecular flexibility index (Phi) is 7.25. The quantitative estimate of drug-likeness (QED) is 0.531. The van der Waals surface area contributed by atoms with Gasteiger partial charge in [0.05, 0.1) is 0 Å². The van der Waals surface area contributed by atoms with E-state index in [1.54, 1.807) is 0 Å². The molecular weight excluding hydrogens is 427 g/mol. The predicted octanol–water partition coefficient (Wildman–Crippen LogP) is 3.04. The fourth-order valence-electron chi connectivity index (χ4n) is 4.85. The van der Waals surface area contributed by atoms with Gasteiger partial charge in [0.25, 0.3) is 0 Å². The van der Waals surface area contributed by atoms with Crippen molar-refractivity contribution in [3.63, 3.8) is 0 Å². The number of carbonyl (C=O) groups excluding carboxylic acids is 2. The normalized spacial score (nSPS) is 14.9. The van der Waals surface area contributed by atoms with Gasteiger partial charge in [-0.05, 0) is 0 Å². The molecule has 0 aliphatic carbocycles. The van der Waals surface area contributed by atoms with Crippen LogP contribution in [0.5, 0.6) is 0 Å². The molecule has 0 aromatic heterocycles. The van der Waals surface area contributed by atoms with Gasteiger partial charge in [0.1, 0.15) is 0 Å². The van der Waals surface area contributed by atoms with Gasteiger partial charge in [-0.15, -0.1) is 0 Å². The molecule has 0 saturated carbocycles. The van der Waals surface area contributed by atoms with Crippen LogP contribution in [0.1, 0.15) is 13.8 Å². The number of nitrogens with zero attached hydrogens (tertiary/aromatic N) is 2. The Morgan fingerprint density at radius 2 is 1.03 bits per heavy atom. The summed E-state index contributed by atoms with van der Waals surface area (Å²) in [4.78, 5) is 30.0. The van der Waals surface area contributed by atoms with Crippen LogP contribution in [-0.4, -0.2) is 54.0 Å². The van der Waals surface area contributed by atoms with Crippen molar-refractivity contribution in [2.45, 2.75) is 13.8 Å². The number of hydrogen-bond acceptors (Lipinski definition) is 2. The summed E-state index contributed by atoms with van der Waals surface area (Å²) in [7, 11) is -2.60. The van der Waals surface area contributed by atoms with E-state index in [0.717, 1.165) is 0 Å². The molecule has 1 aliphatic rings. The van der Waals surface area contributed by atoms with Crippen molar-refractivity contribution in [3.8, 4) is 0 Å². The number of rotatable bonds is 6. The molecule has 1 saturated heterocycles. The molecule has 3 aromatic rings. The topological polar surface area (TPSA) is 40.6 Å². The van der Waals surface area contributed by atoms with Crippen molar-refractivity contribution >= 4 is 35.0 Å². The minimum atomic E-state index is -2.60. The molecule has 0 radical (unpaired) electrons. The van der Waals surface area contributed by atoms with Crippen molar-refractivity contribution in [1.82, 2.24) is 9.80 Å². The standard InChI is InChI=1S/C28H33N2O2P/c1-23(2)28(32)30-20-18-29(19-21-30)27(31)22-33(24-12-6-3-7-13-24,25-14-8-4-9-15-25)26-16-10-5-11-17-26/h3-17,23,33H,18-22H2,1-2H3. The summed E-state index contributed by atoms with van der Waals surface area (Å²) in [5.74, 6) is 0.333. The molecular formula is C28H33N2O2P. The van der Waals surface area contributed by atoms with Crippen LogP contribution in [0.4, 0.5) is 0 Å². The molecule has 4 rings (SSSR count). The van der Waals surface area contributed by atoms with Gasteiger partial charge in [-0.1, -0.05) is 0 Å². The second-order valence-electron chi connectivity index (χ2n) is 9.04. The average molecular weight is 461 g/mol. The molecule has 2 amide bonds. The van der Waals surface area contributed by atoms with Gasteiger partial charge in [0, 0.05) is 0 Å². The third-order valence-corrected chi connectivity index (χ3v) is 11.4. The maximum atomic E-state index is 13.8. The van der Waals surface area contributed by atoms with Crippen LogP contribution in [0, 0.1) is 5.92 Å². The molecule has 3 aromatic carbocycles. The first-order valence-corrected chi connectivity index (χ1v) is 14.0. The molecule has 33 heavy (non-hydrogen) atoms. The van der Waals surface area contributed by atoms with Gasteiger partial charge >= 0.3 is 197 Å². The molecule has 1 aliphatic heterocycles. The van der Waals surface area contributed by atoms with E-state index in [4.69, 9.17) is 0 Å². The zero-order valence-corrected chi connectivity index (χ0v) is 20.5. The fourth-order valence-corrected chi connectivity index (χ4v) is 9.43. The van der Waals surface area contributed by atoms with Crippen LogP contribution >= 0.6 is 7.26 Å². The number of piperazine rings is 1. The van der Waals surface area contributed by atoms with Crippen molar-refractivity contribution in [2.75, 3.05) is 32.3 Å². The first-order valence-electron chi connectivity index (χ1n) is 11.8. The summed E-state index contributed by atoms with van der Waals surface area (Å²) in [6.07, 6.45) is 0.475. The van der Waals surface area contributed by atoms with Crippen molar-refractivity contribution in [3.05, 3.63) is 91.0 Å². The van der Waals surface area contributed by atoms with Crippen LogP contribution < -0.4 is 15.9 Å². The SMILES string of the molecule is CC(C)C(=O)N1CCN(C(=O)C[PH](c2ccccc2)(c2ccccc2)c2ccccc2)CC1. The van der Waals surface area contributed by atoms with E-state index >= 15 is 0 Å². The van der Waals surface area contributed by atoms with Crippen LogP contribution in [0.15, 0.2) is 91.0 Å². The Morgan fingerprint density at radius 1 is 0.667 bits per heavy atom. The Morgan fingerprint density at radius 3 is 1.39 bits per heavy atom. The van der Waals surface area contributed by atoms with Gasteiger partial charge in [0.2, 0.25) is 0 Å². The first kappa shape index (κ1) is 23.2. The average Bonchev–Trinajstić information content (AvgIpc) is 2.88. The van der Waals surface area contributed by atoms with Crippen LogP contribution in [0.2, 0.25) is 0 Å². The maximum absolute atomic E-state index is 13.8. The zero-order valence-electron chi connectivity index (χ0n) is 19.5. The van der Waals surface area contributed by atoms with E-state index in [2.05, 4.69) is 72.8 Å². The van der Waals surface area contributed by atoms with Crippen LogP contribution in [-0.2, 0) is 9.59 Å². The van der Waals surface area contributed by atoms with E-state index in [0.29, 0.717) is 32.3 Å². The van der Waals surface area contributed by atoms with Gasteiger partial charge in [-0.2, -0.15) is 0 Å². The molecule has 4 nitrogen and oxygen atoms in total. The Labute approximate surface area is 197 Å². The molecule has 0 bridgehead atoms. The van der Waals surface area contributed by atoms with E-state index in [-0.39, 0.29) is 17.7 Å². The molecule has 1 fully saturated rings. The summed E-state index contributed by atoms with van der Waals surface area (Å²) in [6.45, 7) is 6.28. The third kappa shape index (κ3) is 4.86. The summed E-state index contributed by atoms with van der Waals surface area (Å²) >= 11 is 0. The molecule has 0 spiro atoms. The molecule has 172 valence electrons. The molecule has 0 unspecified atom stereocenters. The number of benzene rings is 3. The zero-order chi connectivity index (χ0) is 23.3. The first-order chi connectivity index (χ1) is 16.0. The van der Waals surface area contributed by atoms with Crippen LogP contribution in [0.3, 0.4) is 0 Å². The van der Waals surface area contributed by atoms with Crippen LogP contribution in [0.25, 0.3) is 0 Å². The molecule has 0 N–H and O–H groups in total. The third-order valence-electron chi connectivity index (χ3n) is 6.65. The Bertz CT molecular complexity index is 966. The van der Waals surface area contributed by atoms with Gasteiger partial charge < -0.3 is 0 Å². The van der Waals surface area contributed by atoms with E-state index in [9.17, 15) is 9.59 Å². The summed E-state index contributed by atoms with van der Waals surface area (Å²) in [5, 5.41) is 3.72. The Balaban J connectivity index is 1.69. The summed E-state index contributed by atoms with van der Waals surface area (Å²) < 4.78 is 0. The van der Waals surface area contributed by atoms with Gasteiger partial charge in [-0.3, -0.25) is 0 Å². The second-order valence-corrected chi connectivity index (χ2v) is 12.9. The summed E-state index contributed by atoms with van der Waals surface area (Å²) in [6, 6.07) is 31.6. The Hall–Kier alpha value is -2.97. The van der Waals surface area contributed by atoms with Gasteiger partial charge in [0.15, 0.2) is 0 Å². The molecule has 1 heterocycles. The second kappa shape index (κ2) is 10.3. The molecule has 0 atom stereocenters. The van der Waals surface area contributed by atoms with E-state index in [1.807, 2.05) is 41.8 Å². The fraction of sp³-hybridized carbons (Fsp3) is 0.286. The van der Waals surface area contributed by atoms with Gasteiger partial charge in [-0.25, -0.2) is 0 Å². The number of hydrogen-bond donors (Lipinski definition) is 0. The van der Waals surface area contributed by atoms with Crippen molar-refractivity contribution in [2.24, 2.45) is 5.92 Å². The van der Waals surface area contributed by atoms with Crippen molar-refractivity contribution < 1.29 is 9.59 Å². The number of amides is 2. The van der Waals surface area contributed by atoms with E-state index < -0.39 is 7.26 Å². The summed E-state index contributed by atoms with van der Waals surface area (Å²) in [5.41, 5.74) is 0. The molecule has 5 heteroatoms. The monoisotopic (exact) mass is 460 g/mol.